The Morgan fingerprint density at radius 3 is 2.30 bits per heavy atom. The van der Waals surface area contributed by atoms with Crippen LogP contribution in [0.5, 0.6) is 5.75 Å². The lowest BCUT2D eigenvalue weighted by atomic mass is 9.95. The molecule has 5 heterocycles. The van der Waals surface area contributed by atoms with Crippen LogP contribution in [0.4, 0.5) is 37.8 Å². The summed E-state index contributed by atoms with van der Waals surface area (Å²) >= 11 is 0. The van der Waals surface area contributed by atoms with Crippen LogP contribution in [0.3, 0.4) is 0 Å². The Morgan fingerprint density at radius 1 is 0.844 bits per heavy atom. The Labute approximate surface area is 371 Å². The van der Waals surface area contributed by atoms with Gasteiger partial charge in [-0.05, 0) is 109 Å². The van der Waals surface area contributed by atoms with Crippen LogP contribution in [0.15, 0.2) is 78.9 Å². The Balaban J connectivity index is 0.793. The molecule has 3 fully saturated rings. The molecule has 3 saturated heterocycles. The van der Waals surface area contributed by atoms with Gasteiger partial charge < -0.3 is 30.9 Å². The summed E-state index contributed by atoms with van der Waals surface area (Å²) in [5, 5.41) is 13.4. The highest BCUT2D eigenvalue weighted by Crippen LogP contribution is 2.38. The largest absolute Gasteiger partial charge is 0.496 e. The van der Waals surface area contributed by atoms with Crippen LogP contribution in [0.25, 0.3) is 11.3 Å². The lowest BCUT2D eigenvalue weighted by molar-refractivity contribution is -0.120. The van der Waals surface area contributed by atoms with E-state index in [2.05, 4.69) is 54.9 Å². The molecule has 332 valence electrons. The van der Waals surface area contributed by atoms with Crippen LogP contribution in [0.1, 0.15) is 56.7 Å². The molecule has 9 rings (SSSR count). The van der Waals surface area contributed by atoms with Crippen LogP contribution < -0.4 is 41.1 Å². The number of primary amides is 1. The van der Waals surface area contributed by atoms with Crippen molar-refractivity contribution in [2.45, 2.75) is 45.7 Å². The van der Waals surface area contributed by atoms with Gasteiger partial charge in [0.25, 0.3) is 11.8 Å². The molecule has 0 spiro atoms. The summed E-state index contributed by atoms with van der Waals surface area (Å²) in [5.41, 5.74) is 12.8. The number of benzene rings is 4. The minimum atomic E-state index is -0.714. The zero-order valence-electron chi connectivity index (χ0n) is 36.2. The van der Waals surface area contributed by atoms with Gasteiger partial charge in [-0.15, -0.1) is 0 Å². The molecule has 5 N–H and O–H groups in total. The molecule has 15 nitrogen and oxygen atoms in total. The Bertz CT molecular complexity index is 2600. The van der Waals surface area contributed by atoms with Gasteiger partial charge in [-0.1, -0.05) is 18.2 Å². The number of methoxy groups -OCH3 is 1. The normalized spacial score (nSPS) is 17.0. The van der Waals surface area contributed by atoms with E-state index < -0.39 is 11.7 Å². The fourth-order valence-electron chi connectivity index (χ4n) is 9.42. The molecule has 4 aliphatic rings. The van der Waals surface area contributed by atoms with E-state index in [1.54, 1.807) is 52.9 Å². The highest BCUT2D eigenvalue weighted by atomic mass is 19.1. The zero-order valence-corrected chi connectivity index (χ0v) is 36.2. The first-order chi connectivity index (χ1) is 31.0. The highest BCUT2D eigenvalue weighted by molar-refractivity contribution is 6.06. The number of aromatic nitrogens is 2. The third-order valence-corrected chi connectivity index (χ3v) is 13.1. The molecule has 0 atom stereocenters. The number of nitrogens with two attached hydrogens (primary N) is 1. The summed E-state index contributed by atoms with van der Waals surface area (Å²) in [4.78, 5) is 58.8. The number of fused-ring (bicyclic) bond motifs is 2. The third-order valence-electron chi connectivity index (χ3n) is 13.1. The first-order valence-electron chi connectivity index (χ1n) is 22.0. The molecule has 1 aromatic heterocycles. The van der Waals surface area contributed by atoms with Gasteiger partial charge >= 0.3 is 6.03 Å². The monoisotopic (exact) mass is 868 g/mol. The van der Waals surface area contributed by atoms with Crippen LogP contribution in [-0.2, 0) is 24.3 Å². The van der Waals surface area contributed by atoms with Crippen molar-refractivity contribution in [2.75, 3.05) is 79.5 Å². The maximum absolute atomic E-state index is 16.2. The van der Waals surface area contributed by atoms with Gasteiger partial charge in [0.2, 0.25) is 5.91 Å². The van der Waals surface area contributed by atoms with Crippen LogP contribution in [0, 0.1) is 18.7 Å². The first kappa shape index (κ1) is 42.4. The molecule has 0 bridgehead atoms. The van der Waals surface area contributed by atoms with Crippen molar-refractivity contribution in [2.24, 2.45) is 11.7 Å². The number of para-hydroxylation sites is 1. The van der Waals surface area contributed by atoms with Crippen LogP contribution in [0.2, 0.25) is 0 Å². The molecular weight excluding hydrogens is 816 g/mol. The number of nitrogens with one attached hydrogen (secondary N) is 3. The number of piperazine rings is 1. The highest BCUT2D eigenvalue weighted by Gasteiger charge is 2.30. The van der Waals surface area contributed by atoms with Crippen molar-refractivity contribution in [3.63, 3.8) is 0 Å². The summed E-state index contributed by atoms with van der Waals surface area (Å²) in [6.07, 6.45) is 3.21. The Kier molecular flexibility index (Phi) is 11.9. The Morgan fingerprint density at radius 2 is 1.56 bits per heavy atom. The second-order valence-corrected chi connectivity index (χ2v) is 17.0. The third kappa shape index (κ3) is 8.57. The molecule has 64 heavy (non-hydrogen) atoms. The summed E-state index contributed by atoms with van der Waals surface area (Å²) in [6, 6.07) is 24.3. The summed E-state index contributed by atoms with van der Waals surface area (Å²) in [5.74, 6) is -0.318. The molecule has 5 amide bonds. The minimum absolute atomic E-state index is 0.0904. The first-order valence-corrected chi connectivity index (χ1v) is 22.0. The number of hydrogen-bond donors (Lipinski definition) is 4. The van der Waals surface area contributed by atoms with Crippen molar-refractivity contribution in [3.8, 4) is 17.0 Å². The summed E-state index contributed by atoms with van der Waals surface area (Å²) in [7, 11) is 1.50. The van der Waals surface area contributed by atoms with Crippen molar-refractivity contribution < 1.29 is 28.3 Å². The van der Waals surface area contributed by atoms with E-state index in [0.717, 1.165) is 87.0 Å². The van der Waals surface area contributed by atoms with Crippen molar-refractivity contribution in [1.82, 2.24) is 25.3 Å². The van der Waals surface area contributed by atoms with Gasteiger partial charge in [0, 0.05) is 100 Å². The average Bonchev–Trinajstić information content (AvgIpc) is 3.57. The molecular formula is C48H53FN10O5. The van der Waals surface area contributed by atoms with Gasteiger partial charge in [-0.2, -0.15) is 5.10 Å². The van der Waals surface area contributed by atoms with Gasteiger partial charge in [0.15, 0.2) is 0 Å². The van der Waals surface area contributed by atoms with E-state index in [0.29, 0.717) is 60.1 Å². The minimum Gasteiger partial charge on any atom is -0.496 e. The molecule has 0 saturated carbocycles. The number of hydrogen-bond acceptors (Lipinski definition) is 10. The van der Waals surface area contributed by atoms with Crippen molar-refractivity contribution in [1.29, 1.82) is 0 Å². The fraction of sp³-hybridized carbons (Fsp3) is 0.354. The molecule has 5 aromatic rings. The molecule has 16 heteroatoms. The molecule has 4 aromatic carbocycles. The van der Waals surface area contributed by atoms with E-state index in [9.17, 15) is 19.2 Å². The molecule has 0 aliphatic carbocycles. The topological polar surface area (TPSA) is 170 Å². The fourth-order valence-corrected chi connectivity index (χ4v) is 9.42. The number of halogens is 1. The second kappa shape index (κ2) is 18.0. The maximum Gasteiger partial charge on any atom is 0.328 e. The predicted molar refractivity (Wildman–Crippen MR) is 244 cm³/mol. The number of urea groups is 1. The van der Waals surface area contributed by atoms with Crippen LogP contribution >= 0.6 is 0 Å². The molecule has 0 radical (unpaired) electrons. The number of piperidine rings is 1. The molecule has 0 unspecified atom stereocenters. The second-order valence-electron chi connectivity index (χ2n) is 17.0. The smallest absolute Gasteiger partial charge is 0.328 e. The van der Waals surface area contributed by atoms with Gasteiger partial charge in [-0.3, -0.25) is 29.5 Å². The number of anilines is 5. The van der Waals surface area contributed by atoms with Crippen molar-refractivity contribution in [3.05, 3.63) is 112 Å². The van der Waals surface area contributed by atoms with E-state index in [1.807, 2.05) is 18.2 Å². The number of imide groups is 1. The standard InChI is InChI=1S/C48H53FN10O5/c1-30-33(28-51-47(62)37-5-3-4-6-40(37)64-2)7-13-38(43(30)49)44-42(45(50)61)46-52-39-14-12-36(27-32(39)17-22-59(46)54-44)57-25-23-55(24-26-57)29-31-15-19-56(20-16-31)34-8-10-35(11-9-34)58-21-18-41(60)53-48(58)63/h3-14,27,31,52H,15-26,28-29H2,1-2H3,(H2,50,61)(H,51,62)(H,53,60,63). The lowest BCUT2D eigenvalue weighted by Gasteiger charge is -2.40. The van der Waals surface area contributed by atoms with E-state index in [-0.39, 0.29) is 41.2 Å². The number of amides is 5. The van der Waals surface area contributed by atoms with Crippen LogP contribution in [-0.4, -0.2) is 97.9 Å². The van der Waals surface area contributed by atoms with E-state index in [1.165, 1.54) is 7.11 Å². The number of ether oxygens (including phenoxy) is 1. The Hall–Kier alpha value is -6.94. The quantitative estimate of drug-likeness (QED) is 0.127. The van der Waals surface area contributed by atoms with Gasteiger partial charge in [0.1, 0.15) is 28.6 Å². The van der Waals surface area contributed by atoms with E-state index in [4.69, 9.17) is 15.6 Å². The summed E-state index contributed by atoms with van der Waals surface area (Å²) < 4.78 is 23.2. The maximum atomic E-state index is 16.2. The van der Waals surface area contributed by atoms with Crippen molar-refractivity contribution >= 4 is 52.3 Å². The lowest BCUT2D eigenvalue weighted by Crippen LogP contribution is -2.49. The number of carbonyl (C=O) groups excluding carboxylic acids is 4. The predicted octanol–water partition coefficient (Wildman–Crippen LogP) is 5.82. The summed E-state index contributed by atoms with van der Waals surface area (Å²) in [6.45, 7) is 9.49. The SMILES string of the molecule is COc1ccccc1C(=O)NCc1ccc(-c2nn3c(c2C(N)=O)Nc2ccc(N4CCN(CC5CCN(c6ccc(N7CCC(=O)NC7=O)cc6)CC5)CC4)cc2CC3)c(F)c1C. The number of nitrogens with zero attached hydrogens (tertiary/aromatic N) is 6. The number of rotatable bonds is 11. The van der Waals surface area contributed by atoms with Gasteiger partial charge in [0.05, 0.1) is 12.7 Å². The average molecular weight is 869 g/mol. The molecule has 4 aliphatic heterocycles. The number of carbonyl (C=O) groups is 4. The van der Waals surface area contributed by atoms with Gasteiger partial charge in [-0.25, -0.2) is 13.9 Å². The van der Waals surface area contributed by atoms with E-state index >= 15 is 4.39 Å². The zero-order chi connectivity index (χ0) is 44.5. The number of aryl methyl sites for hydroxylation is 2.